The number of benzene rings is 3. The van der Waals surface area contributed by atoms with Crippen molar-refractivity contribution in [2.24, 2.45) is 5.92 Å². The van der Waals surface area contributed by atoms with Gasteiger partial charge in [0.1, 0.15) is 0 Å². The van der Waals surface area contributed by atoms with Gasteiger partial charge in [-0.3, -0.25) is 19.2 Å². The topological polar surface area (TPSA) is 121 Å². The Labute approximate surface area is 275 Å². The number of para-hydroxylation sites is 2. The molecule has 2 N–H and O–H groups in total. The van der Waals surface area contributed by atoms with Crippen molar-refractivity contribution in [1.82, 2.24) is 15.0 Å². The second-order valence-corrected chi connectivity index (χ2v) is 17.5. The molecule has 0 saturated carbocycles. The monoisotopic (exact) mass is 651 g/mol. The van der Waals surface area contributed by atoms with Crippen LogP contribution in [0, 0.1) is 5.92 Å². The first-order chi connectivity index (χ1) is 22.6. The molecule has 3 aliphatic heterocycles. The number of amides is 2. The Balaban J connectivity index is 1.16. The number of carbonyl (C=O) groups excluding carboxylic acids is 2. The number of fused-ring (bicyclic) bond motifs is 3. The molecule has 11 heteroatoms. The lowest BCUT2D eigenvalue weighted by Gasteiger charge is -2.32. The fourth-order valence-corrected chi connectivity index (χ4v) is 10.6. The summed E-state index contributed by atoms with van der Waals surface area (Å²) in [6, 6.07) is 23.7. The van der Waals surface area contributed by atoms with Crippen LogP contribution in [0.4, 0.5) is 17.1 Å². The number of nitrogens with zero attached hydrogens (tertiary/aromatic N) is 5. The van der Waals surface area contributed by atoms with Crippen molar-refractivity contribution in [1.29, 1.82) is 0 Å². The van der Waals surface area contributed by atoms with Crippen LogP contribution >= 0.6 is 0 Å². The summed E-state index contributed by atoms with van der Waals surface area (Å²) in [5.74, 6) is -0.304. The lowest BCUT2D eigenvalue weighted by Crippen LogP contribution is -2.46. The number of aliphatic hydroxyl groups excluding tert-OH is 1. The SMILES string of the molecule is C[C@H]1[C@H]([Si](C)(C)O)[C@@H](CCn2cc(CCO)nn2)O[C@]12C(=O)N(Cc1ccc(N3C(=O)CCc4ccccc43)cc1)c1ccccc12. The number of hydrogen-bond acceptors (Lipinski definition) is 7. The van der Waals surface area contributed by atoms with Crippen LogP contribution in [0.3, 0.4) is 0 Å². The summed E-state index contributed by atoms with van der Waals surface area (Å²) in [5, 5.41) is 17.6. The van der Waals surface area contributed by atoms with Gasteiger partial charge in [0.2, 0.25) is 5.91 Å². The van der Waals surface area contributed by atoms with Crippen LogP contribution in [0.2, 0.25) is 18.6 Å². The number of ether oxygens (including phenoxy) is 1. The summed E-state index contributed by atoms with van der Waals surface area (Å²) >= 11 is 0. The molecule has 1 spiro atoms. The summed E-state index contributed by atoms with van der Waals surface area (Å²) in [5.41, 5.74) is 4.78. The van der Waals surface area contributed by atoms with E-state index < -0.39 is 13.9 Å². The molecule has 0 unspecified atom stereocenters. The van der Waals surface area contributed by atoms with Crippen LogP contribution in [0.1, 0.15) is 42.1 Å². The number of hydrogen-bond donors (Lipinski definition) is 2. The average molecular weight is 652 g/mol. The molecule has 0 radical (unpaired) electrons. The van der Waals surface area contributed by atoms with Crippen molar-refractivity contribution < 1.29 is 24.2 Å². The quantitative estimate of drug-likeness (QED) is 0.248. The van der Waals surface area contributed by atoms with E-state index in [-0.39, 0.29) is 36.0 Å². The second kappa shape index (κ2) is 12.1. The van der Waals surface area contributed by atoms with Crippen LogP contribution in [0.15, 0.2) is 79.0 Å². The molecule has 7 rings (SSSR count). The Morgan fingerprint density at radius 1 is 0.979 bits per heavy atom. The van der Waals surface area contributed by atoms with Crippen molar-refractivity contribution >= 4 is 37.2 Å². The Hall–Kier alpha value is -4.16. The van der Waals surface area contributed by atoms with E-state index >= 15 is 0 Å². The highest BCUT2D eigenvalue weighted by molar-refractivity contribution is 6.71. The Kier molecular flexibility index (Phi) is 8.11. The normalized spacial score (nSPS) is 23.9. The molecule has 1 aromatic heterocycles. The maximum absolute atomic E-state index is 14.7. The minimum atomic E-state index is -2.80. The summed E-state index contributed by atoms with van der Waals surface area (Å²) in [4.78, 5) is 42.8. The van der Waals surface area contributed by atoms with Gasteiger partial charge in [-0.1, -0.05) is 60.7 Å². The zero-order valence-corrected chi connectivity index (χ0v) is 28.0. The molecule has 1 saturated heterocycles. The maximum Gasteiger partial charge on any atom is 0.264 e. The van der Waals surface area contributed by atoms with Gasteiger partial charge in [0.15, 0.2) is 13.9 Å². The van der Waals surface area contributed by atoms with E-state index in [1.54, 1.807) is 9.58 Å². The third-order valence-corrected chi connectivity index (χ3v) is 12.6. The molecule has 47 heavy (non-hydrogen) atoms. The van der Waals surface area contributed by atoms with Crippen molar-refractivity contribution in [2.45, 2.75) is 76.0 Å². The summed E-state index contributed by atoms with van der Waals surface area (Å²) in [6.07, 6.45) is 3.68. The molecule has 0 bridgehead atoms. The first-order valence-corrected chi connectivity index (χ1v) is 19.5. The first-order valence-electron chi connectivity index (χ1n) is 16.4. The highest BCUT2D eigenvalue weighted by atomic mass is 28.4. The van der Waals surface area contributed by atoms with Gasteiger partial charge < -0.3 is 19.5 Å². The number of aliphatic hydroxyl groups is 1. The van der Waals surface area contributed by atoms with Crippen molar-refractivity contribution in [3.05, 3.63) is 101 Å². The number of anilines is 3. The van der Waals surface area contributed by atoms with Gasteiger partial charge in [-0.15, -0.1) is 5.10 Å². The highest BCUT2D eigenvalue weighted by Gasteiger charge is 2.66. The Bertz CT molecular complexity index is 1800. The number of rotatable bonds is 9. The van der Waals surface area contributed by atoms with E-state index in [2.05, 4.69) is 16.4 Å². The number of aromatic nitrogens is 3. The van der Waals surface area contributed by atoms with Gasteiger partial charge in [0.25, 0.3) is 5.91 Å². The smallest absolute Gasteiger partial charge is 0.264 e. The van der Waals surface area contributed by atoms with E-state index in [0.717, 1.165) is 40.2 Å². The summed E-state index contributed by atoms with van der Waals surface area (Å²) in [6.45, 7) is 6.77. The fourth-order valence-electron chi connectivity index (χ4n) is 8.04. The molecule has 2 amide bonds. The zero-order chi connectivity index (χ0) is 32.9. The predicted molar refractivity (Wildman–Crippen MR) is 181 cm³/mol. The number of aryl methyl sites for hydroxylation is 2. The van der Waals surface area contributed by atoms with Crippen LogP contribution in [0.5, 0.6) is 0 Å². The van der Waals surface area contributed by atoms with Crippen LogP contribution in [-0.2, 0) is 45.9 Å². The maximum atomic E-state index is 14.7. The molecule has 0 aliphatic carbocycles. The molecule has 1 fully saturated rings. The second-order valence-electron chi connectivity index (χ2n) is 13.5. The first kappa shape index (κ1) is 31.4. The highest BCUT2D eigenvalue weighted by Crippen LogP contribution is 2.59. The van der Waals surface area contributed by atoms with E-state index in [9.17, 15) is 19.5 Å². The predicted octanol–water partition coefficient (Wildman–Crippen LogP) is 4.86. The average Bonchev–Trinajstić information content (AvgIpc) is 3.70. The van der Waals surface area contributed by atoms with Gasteiger partial charge in [-0.25, -0.2) is 0 Å². The minimum Gasteiger partial charge on any atom is -0.432 e. The third-order valence-electron chi connectivity index (χ3n) is 10.1. The molecule has 10 nitrogen and oxygen atoms in total. The minimum absolute atomic E-state index is 0.00561. The van der Waals surface area contributed by atoms with E-state index in [4.69, 9.17) is 4.74 Å². The Morgan fingerprint density at radius 3 is 2.45 bits per heavy atom. The standard InChI is InChI=1S/C36H41N5O5Si/c1-24-34(47(2,3)45)32(18-20-39-23-27(19-21-42)37-38-39)46-36(24)29-9-5-7-11-31(29)40(35(36)44)22-25-12-15-28(16-13-25)41-30-10-6-4-8-26(30)14-17-33(41)43/h4-13,15-16,23-24,32,34,42,45H,14,17-22H2,1-3H3/t24-,32+,34-,36+/m0/s1. The molecule has 3 aromatic carbocycles. The number of carbonyl (C=O) groups is 2. The van der Waals surface area contributed by atoms with Gasteiger partial charge in [0.05, 0.1) is 29.7 Å². The van der Waals surface area contributed by atoms with Crippen LogP contribution in [-0.4, -0.2) is 57.7 Å². The van der Waals surface area contributed by atoms with Gasteiger partial charge in [0, 0.05) is 54.9 Å². The lowest BCUT2D eigenvalue weighted by molar-refractivity contribution is -0.146. The van der Waals surface area contributed by atoms with Crippen molar-refractivity contribution in [3.63, 3.8) is 0 Å². The molecule has 3 aliphatic rings. The zero-order valence-electron chi connectivity index (χ0n) is 27.0. The fraction of sp³-hybridized carbons (Fsp3) is 0.389. The van der Waals surface area contributed by atoms with Crippen molar-refractivity contribution in [3.8, 4) is 0 Å². The molecular formula is C36H41N5O5Si. The lowest BCUT2D eigenvalue weighted by atomic mass is 9.82. The van der Waals surface area contributed by atoms with E-state index in [0.29, 0.717) is 38.0 Å². The summed E-state index contributed by atoms with van der Waals surface area (Å²) < 4.78 is 8.66. The van der Waals surface area contributed by atoms with Gasteiger partial charge in [-0.2, -0.15) is 0 Å². The third kappa shape index (κ3) is 5.40. The summed E-state index contributed by atoms with van der Waals surface area (Å²) in [7, 11) is -2.80. The van der Waals surface area contributed by atoms with Gasteiger partial charge >= 0.3 is 0 Å². The van der Waals surface area contributed by atoms with E-state index in [1.165, 1.54) is 0 Å². The Morgan fingerprint density at radius 2 is 1.70 bits per heavy atom. The van der Waals surface area contributed by atoms with Gasteiger partial charge in [-0.05, 0) is 61.3 Å². The molecule has 4 atom stereocenters. The van der Waals surface area contributed by atoms with E-state index in [1.807, 2.05) is 97.8 Å². The largest absolute Gasteiger partial charge is 0.432 e. The van der Waals surface area contributed by atoms with Crippen LogP contribution in [0.25, 0.3) is 0 Å². The molecule has 4 aromatic rings. The molecule has 4 heterocycles. The molecular weight excluding hydrogens is 611 g/mol. The van der Waals surface area contributed by atoms with Crippen molar-refractivity contribution in [2.75, 3.05) is 16.4 Å². The van der Waals surface area contributed by atoms with Crippen LogP contribution < -0.4 is 9.80 Å². The molecule has 244 valence electrons.